The number of hydrogen-bond donors (Lipinski definition) is 0. The fourth-order valence-corrected chi connectivity index (χ4v) is 4.96. The van der Waals surface area contributed by atoms with Gasteiger partial charge in [-0.3, -0.25) is 14.4 Å². The van der Waals surface area contributed by atoms with Gasteiger partial charge in [-0.1, -0.05) is 59.7 Å². The fraction of sp³-hybridized carbons (Fsp3) is 0.560. The quantitative estimate of drug-likeness (QED) is 0.596. The van der Waals surface area contributed by atoms with E-state index >= 15 is 0 Å². The van der Waals surface area contributed by atoms with Crippen molar-refractivity contribution in [3.63, 3.8) is 0 Å². The maximum Gasteiger partial charge on any atom is 0.163 e. The third-order valence-electron chi connectivity index (χ3n) is 6.01. The summed E-state index contributed by atoms with van der Waals surface area (Å²) in [6.45, 7) is 12.0. The molecule has 4 heteroatoms. The molecule has 3 aliphatic rings. The van der Waals surface area contributed by atoms with Gasteiger partial charge in [0.1, 0.15) is 23.1 Å². The zero-order valence-corrected chi connectivity index (χ0v) is 18.4. The van der Waals surface area contributed by atoms with E-state index in [4.69, 9.17) is 4.74 Å². The first-order valence-electron chi connectivity index (χ1n) is 10.7. The first-order chi connectivity index (χ1) is 13.6. The number of ketones is 3. The van der Waals surface area contributed by atoms with Crippen LogP contribution < -0.4 is 4.74 Å². The molecule has 4 rings (SSSR count). The Morgan fingerprint density at radius 3 is 1.97 bits per heavy atom. The van der Waals surface area contributed by atoms with E-state index in [0.29, 0.717) is 42.8 Å². The highest BCUT2D eigenvalue weighted by Gasteiger charge is 2.50. The van der Waals surface area contributed by atoms with Gasteiger partial charge in [0.15, 0.2) is 5.78 Å². The maximum absolute atomic E-state index is 13.1. The summed E-state index contributed by atoms with van der Waals surface area (Å²) in [6, 6.07) is 7.50. The minimum absolute atomic E-state index is 0.00573. The van der Waals surface area contributed by atoms with E-state index in [1.807, 2.05) is 65.8 Å². The molecule has 0 spiro atoms. The summed E-state index contributed by atoms with van der Waals surface area (Å²) < 4.78 is 6.11. The van der Waals surface area contributed by atoms with E-state index in [0.717, 1.165) is 5.56 Å². The summed E-state index contributed by atoms with van der Waals surface area (Å²) >= 11 is 0. The lowest BCUT2D eigenvalue weighted by Gasteiger charge is -2.42. The lowest BCUT2D eigenvalue weighted by Crippen LogP contribution is -2.44. The summed E-state index contributed by atoms with van der Waals surface area (Å²) in [4.78, 5) is 39.2. The van der Waals surface area contributed by atoms with Crippen molar-refractivity contribution >= 4 is 17.3 Å². The maximum atomic E-state index is 13.1. The number of rotatable bonds is 1. The van der Waals surface area contributed by atoms with Gasteiger partial charge >= 0.3 is 0 Å². The zero-order chi connectivity index (χ0) is 21.6. The van der Waals surface area contributed by atoms with Gasteiger partial charge in [-0.15, -0.1) is 0 Å². The third-order valence-corrected chi connectivity index (χ3v) is 6.01. The van der Waals surface area contributed by atoms with Crippen molar-refractivity contribution in [3.05, 3.63) is 41.2 Å². The number of benzene rings is 1. The number of fused-ring (bicyclic) bond motifs is 1. The highest BCUT2D eigenvalue weighted by Crippen LogP contribution is 2.52. The Kier molecular flexibility index (Phi) is 5.59. The molecule has 0 N–H and O–H groups in total. The molecule has 1 fully saturated rings. The molecule has 2 aliphatic carbocycles. The molecule has 29 heavy (non-hydrogen) atoms. The molecule has 1 aliphatic heterocycles. The van der Waals surface area contributed by atoms with E-state index in [9.17, 15) is 14.4 Å². The zero-order valence-electron chi connectivity index (χ0n) is 18.4. The molecule has 0 radical (unpaired) electrons. The molecule has 1 aromatic rings. The summed E-state index contributed by atoms with van der Waals surface area (Å²) in [7, 11) is 0. The lowest BCUT2D eigenvalue weighted by molar-refractivity contribution is -0.140. The molecule has 1 heterocycles. The third kappa shape index (κ3) is 3.94. The molecule has 156 valence electrons. The number of hydrogen-bond acceptors (Lipinski definition) is 4. The monoisotopic (exact) mass is 396 g/mol. The van der Waals surface area contributed by atoms with Crippen molar-refractivity contribution < 1.29 is 19.1 Å². The number of ether oxygens (including phenoxy) is 1. The Morgan fingerprint density at radius 2 is 1.34 bits per heavy atom. The Bertz CT molecular complexity index is 868. The summed E-state index contributed by atoms with van der Waals surface area (Å²) in [5.74, 6) is -0.0819. The van der Waals surface area contributed by atoms with Gasteiger partial charge in [-0.25, -0.2) is 0 Å². The Hall–Kier alpha value is -2.23. The second-order valence-electron chi connectivity index (χ2n) is 9.82. The van der Waals surface area contributed by atoms with Crippen molar-refractivity contribution in [2.75, 3.05) is 0 Å². The Morgan fingerprint density at radius 1 is 0.793 bits per heavy atom. The van der Waals surface area contributed by atoms with Gasteiger partial charge in [-0.2, -0.15) is 0 Å². The van der Waals surface area contributed by atoms with Crippen LogP contribution in [0.2, 0.25) is 0 Å². The minimum Gasteiger partial charge on any atom is -0.461 e. The number of Topliss-reactive ketones (excluding diaryl/α,β-unsaturated/α-hetero) is 3. The van der Waals surface area contributed by atoms with Crippen LogP contribution in [0.5, 0.6) is 5.75 Å². The van der Waals surface area contributed by atoms with Gasteiger partial charge in [0, 0.05) is 42.7 Å². The van der Waals surface area contributed by atoms with Gasteiger partial charge in [0.25, 0.3) is 0 Å². The average molecular weight is 397 g/mol. The molecule has 1 aromatic carbocycles. The predicted octanol–water partition coefficient (Wildman–Crippen LogP) is 5.41. The van der Waals surface area contributed by atoms with Gasteiger partial charge in [0.05, 0.1) is 5.92 Å². The fourth-order valence-electron chi connectivity index (χ4n) is 4.96. The molecule has 0 amide bonds. The predicted molar refractivity (Wildman–Crippen MR) is 113 cm³/mol. The number of carbonyl (C=O) groups excluding carboxylic acids is 3. The second kappa shape index (κ2) is 7.55. The minimum atomic E-state index is -0.779. The van der Waals surface area contributed by atoms with Crippen molar-refractivity contribution in [2.24, 2.45) is 16.7 Å². The van der Waals surface area contributed by atoms with Crippen molar-refractivity contribution in [3.8, 4) is 5.75 Å². The molecule has 0 aromatic heterocycles. The normalized spacial score (nSPS) is 25.4. The lowest BCUT2D eigenvalue weighted by atomic mass is 9.62. The summed E-state index contributed by atoms with van der Waals surface area (Å²) in [5, 5.41) is 0. The smallest absolute Gasteiger partial charge is 0.163 e. The van der Waals surface area contributed by atoms with Crippen LogP contribution >= 0.6 is 0 Å². The highest BCUT2D eigenvalue weighted by molar-refractivity contribution is 6.09. The summed E-state index contributed by atoms with van der Waals surface area (Å²) in [6.07, 6.45) is 1.78. The molecular formula is C25H32O4. The average Bonchev–Trinajstić information content (AvgIpc) is 2.60. The van der Waals surface area contributed by atoms with Gasteiger partial charge in [-0.05, 0) is 16.9 Å². The molecule has 1 saturated carbocycles. The standard InChI is InChI=1S/C23H26O4.C2H6/c1-22(2)9-14(24)20(15(25)10-22)19-13-7-5-6-8-17(13)27-18-12-23(3,4)11-16(26)21(18)19;1-2/h5-8,19-20H,9-12H2,1-4H3;1-2H3. The van der Waals surface area contributed by atoms with E-state index in [1.165, 1.54) is 0 Å². The van der Waals surface area contributed by atoms with Gasteiger partial charge < -0.3 is 4.74 Å². The number of para-hydroxylation sites is 1. The highest BCUT2D eigenvalue weighted by atomic mass is 16.5. The number of allylic oxidation sites excluding steroid dienone is 2. The van der Waals surface area contributed by atoms with Crippen LogP contribution in [0.15, 0.2) is 35.6 Å². The first-order valence-corrected chi connectivity index (χ1v) is 10.7. The van der Waals surface area contributed by atoms with Crippen LogP contribution in [0, 0.1) is 16.7 Å². The van der Waals surface area contributed by atoms with Crippen LogP contribution in [-0.4, -0.2) is 17.3 Å². The topological polar surface area (TPSA) is 60.4 Å². The van der Waals surface area contributed by atoms with Crippen LogP contribution in [0.3, 0.4) is 0 Å². The van der Waals surface area contributed by atoms with E-state index in [1.54, 1.807) is 0 Å². The van der Waals surface area contributed by atoms with E-state index in [-0.39, 0.29) is 28.2 Å². The second-order valence-corrected chi connectivity index (χ2v) is 9.82. The van der Waals surface area contributed by atoms with Crippen LogP contribution in [-0.2, 0) is 14.4 Å². The van der Waals surface area contributed by atoms with Gasteiger partial charge in [0.2, 0.25) is 0 Å². The number of carbonyl (C=O) groups is 3. The molecule has 0 saturated heterocycles. The Balaban J connectivity index is 0.00000117. The van der Waals surface area contributed by atoms with Crippen LogP contribution in [0.4, 0.5) is 0 Å². The van der Waals surface area contributed by atoms with Crippen molar-refractivity contribution in [1.29, 1.82) is 0 Å². The molecule has 0 bridgehead atoms. The van der Waals surface area contributed by atoms with Crippen molar-refractivity contribution in [1.82, 2.24) is 0 Å². The van der Waals surface area contributed by atoms with E-state index < -0.39 is 11.8 Å². The van der Waals surface area contributed by atoms with Crippen LogP contribution in [0.25, 0.3) is 0 Å². The molecular weight excluding hydrogens is 364 g/mol. The first kappa shape index (κ1) is 21.5. The van der Waals surface area contributed by atoms with Crippen LogP contribution in [0.1, 0.15) is 78.7 Å². The largest absolute Gasteiger partial charge is 0.461 e. The van der Waals surface area contributed by atoms with E-state index in [2.05, 4.69) is 0 Å². The summed E-state index contributed by atoms with van der Waals surface area (Å²) in [5.41, 5.74) is 0.843. The molecule has 1 atom stereocenters. The van der Waals surface area contributed by atoms with Crippen molar-refractivity contribution in [2.45, 2.75) is 73.1 Å². The SMILES string of the molecule is CC.CC1(C)CC(=O)C(C2C3=C(CC(C)(C)CC3=O)Oc3ccccc32)C(=O)C1. The molecule has 1 unspecified atom stereocenters. The molecule has 4 nitrogen and oxygen atoms in total. The Labute approximate surface area is 173 Å².